The van der Waals surface area contributed by atoms with Crippen molar-refractivity contribution in [1.82, 2.24) is 25.0 Å². The van der Waals surface area contributed by atoms with Crippen molar-refractivity contribution in [2.45, 2.75) is 57.0 Å². The van der Waals surface area contributed by atoms with Crippen molar-refractivity contribution in [3.8, 4) is 0 Å². The summed E-state index contributed by atoms with van der Waals surface area (Å²) < 4.78 is 123. The van der Waals surface area contributed by atoms with Crippen LogP contribution in [0.3, 0.4) is 0 Å². The van der Waals surface area contributed by atoms with Crippen LogP contribution in [0.1, 0.15) is 35.6 Å². The Bertz CT molecular complexity index is 1530. The molecule has 3 N–H and O–H groups in total. The van der Waals surface area contributed by atoms with Gasteiger partial charge in [-0.05, 0) is 36.1 Å². The highest BCUT2D eigenvalue weighted by molar-refractivity contribution is 5.80. The van der Waals surface area contributed by atoms with Gasteiger partial charge in [0.25, 0.3) is 0 Å². The number of carbonyl (C=O) groups excluding carboxylic acids is 2. The number of nitrogens with one attached hydrogen (secondary N) is 1. The zero-order valence-electron chi connectivity index (χ0n) is 22.0. The molecular formula is C26H23F9N6O2. The standard InChI is InChI=1S/C26H23F9N6O2/c27-16-9-20(31)18(29)5-12(16)3-14(36)7-23(42)37-15(4-13-6-19(30)21(32)10-17(13)28)8-24(43)40-1-2-41-22(11-40)38-39-25(41)26(33,34)35/h5-6,9-10,14-15H,1-4,7-8,11,36H2,(H,37,42)/t14-,15-/m1/s1. The average molecular weight is 622 g/mol. The lowest BCUT2D eigenvalue weighted by Crippen LogP contribution is -2.45. The van der Waals surface area contributed by atoms with Crippen LogP contribution in [0.15, 0.2) is 24.3 Å². The van der Waals surface area contributed by atoms with Crippen molar-refractivity contribution in [2.75, 3.05) is 6.54 Å². The average Bonchev–Trinajstić information content (AvgIpc) is 3.34. The fourth-order valence-electron chi connectivity index (χ4n) is 4.68. The summed E-state index contributed by atoms with van der Waals surface area (Å²) in [6, 6.07) is -0.611. The van der Waals surface area contributed by atoms with Crippen LogP contribution < -0.4 is 11.1 Å². The number of halogens is 9. The van der Waals surface area contributed by atoms with E-state index in [1.54, 1.807) is 0 Å². The Labute approximate surface area is 237 Å². The largest absolute Gasteiger partial charge is 0.451 e. The van der Waals surface area contributed by atoms with Crippen LogP contribution in [0.4, 0.5) is 39.5 Å². The van der Waals surface area contributed by atoms with Crippen molar-refractivity contribution < 1.29 is 49.1 Å². The number of rotatable bonds is 9. The van der Waals surface area contributed by atoms with Gasteiger partial charge in [-0.2, -0.15) is 13.2 Å². The van der Waals surface area contributed by atoms with Crippen LogP contribution in [-0.4, -0.2) is 50.1 Å². The summed E-state index contributed by atoms with van der Waals surface area (Å²) in [4.78, 5) is 27.0. The van der Waals surface area contributed by atoms with Gasteiger partial charge in [0.1, 0.15) is 11.6 Å². The second-order valence-corrected chi connectivity index (χ2v) is 9.96. The van der Waals surface area contributed by atoms with E-state index in [0.29, 0.717) is 18.2 Å². The van der Waals surface area contributed by atoms with E-state index < -0.39 is 95.6 Å². The highest BCUT2D eigenvalue weighted by Crippen LogP contribution is 2.29. The van der Waals surface area contributed by atoms with Crippen LogP contribution in [-0.2, 0) is 41.7 Å². The monoisotopic (exact) mass is 622 g/mol. The van der Waals surface area contributed by atoms with Crippen LogP contribution >= 0.6 is 0 Å². The van der Waals surface area contributed by atoms with Crippen molar-refractivity contribution in [3.63, 3.8) is 0 Å². The predicted molar refractivity (Wildman–Crippen MR) is 130 cm³/mol. The van der Waals surface area contributed by atoms with Gasteiger partial charge >= 0.3 is 6.18 Å². The van der Waals surface area contributed by atoms with E-state index in [9.17, 15) is 49.1 Å². The Hall–Kier alpha value is -4.15. The fourth-order valence-corrected chi connectivity index (χ4v) is 4.68. The number of carbonyl (C=O) groups is 2. The minimum Gasteiger partial charge on any atom is -0.352 e. The molecule has 0 aliphatic carbocycles. The molecule has 0 unspecified atom stereocenters. The topological polar surface area (TPSA) is 106 Å². The Kier molecular flexibility index (Phi) is 9.32. The van der Waals surface area contributed by atoms with Crippen LogP contribution in [0.25, 0.3) is 0 Å². The first kappa shape index (κ1) is 31.8. The number of hydrogen-bond donors (Lipinski definition) is 2. The van der Waals surface area contributed by atoms with Gasteiger partial charge in [-0.25, -0.2) is 26.3 Å². The second kappa shape index (κ2) is 12.6. The molecule has 17 heteroatoms. The van der Waals surface area contributed by atoms with Crippen molar-refractivity contribution in [3.05, 3.63) is 81.9 Å². The van der Waals surface area contributed by atoms with Gasteiger partial charge in [0.2, 0.25) is 17.6 Å². The maximum atomic E-state index is 14.4. The highest BCUT2D eigenvalue weighted by atomic mass is 19.4. The zero-order valence-corrected chi connectivity index (χ0v) is 22.0. The molecule has 4 rings (SSSR count). The lowest BCUT2D eigenvalue weighted by molar-refractivity contribution is -0.148. The fraction of sp³-hybridized carbons (Fsp3) is 0.385. The molecule has 0 bridgehead atoms. The third-order valence-corrected chi connectivity index (χ3v) is 6.72. The molecule has 2 amide bonds. The number of amides is 2. The number of hydrogen-bond acceptors (Lipinski definition) is 5. The van der Waals surface area contributed by atoms with Crippen LogP contribution in [0.2, 0.25) is 0 Å². The maximum Gasteiger partial charge on any atom is 0.451 e. The summed E-state index contributed by atoms with van der Waals surface area (Å²) in [6.07, 6.45) is -6.71. The molecule has 2 atom stereocenters. The molecule has 0 spiro atoms. The highest BCUT2D eigenvalue weighted by Gasteiger charge is 2.40. The van der Waals surface area contributed by atoms with E-state index in [1.165, 1.54) is 0 Å². The summed E-state index contributed by atoms with van der Waals surface area (Å²) in [5, 5.41) is 9.04. The van der Waals surface area contributed by atoms with Crippen LogP contribution in [0, 0.1) is 34.9 Å². The Morgan fingerprint density at radius 1 is 0.814 bits per heavy atom. The Balaban J connectivity index is 1.47. The summed E-state index contributed by atoms with van der Waals surface area (Å²) in [7, 11) is 0. The molecule has 1 aliphatic rings. The smallest absolute Gasteiger partial charge is 0.352 e. The van der Waals surface area contributed by atoms with Gasteiger partial charge in [-0.3, -0.25) is 9.59 Å². The molecule has 0 saturated carbocycles. The molecule has 1 aromatic heterocycles. The minimum absolute atomic E-state index is 0.144. The number of benzene rings is 2. The minimum atomic E-state index is -4.77. The third-order valence-electron chi connectivity index (χ3n) is 6.72. The summed E-state index contributed by atoms with van der Waals surface area (Å²) in [5.41, 5.74) is 5.19. The van der Waals surface area contributed by atoms with Gasteiger partial charge in [0.05, 0.1) is 6.54 Å². The van der Waals surface area contributed by atoms with E-state index in [1.807, 2.05) is 0 Å². The normalized spacial score (nSPS) is 14.8. The molecule has 0 fully saturated rings. The van der Waals surface area contributed by atoms with E-state index in [-0.39, 0.29) is 43.5 Å². The molecule has 43 heavy (non-hydrogen) atoms. The Morgan fingerprint density at radius 2 is 1.37 bits per heavy atom. The molecule has 3 aromatic rings. The van der Waals surface area contributed by atoms with Gasteiger partial charge in [-0.15, -0.1) is 10.2 Å². The predicted octanol–water partition coefficient (Wildman–Crippen LogP) is 3.55. The summed E-state index contributed by atoms with van der Waals surface area (Å²) >= 11 is 0. The lowest BCUT2D eigenvalue weighted by Gasteiger charge is -2.30. The van der Waals surface area contributed by atoms with E-state index in [2.05, 4.69) is 15.5 Å². The molecule has 0 radical (unpaired) electrons. The van der Waals surface area contributed by atoms with Gasteiger partial charge < -0.3 is 20.5 Å². The van der Waals surface area contributed by atoms with Crippen LogP contribution in [0.5, 0.6) is 0 Å². The first-order valence-corrected chi connectivity index (χ1v) is 12.7. The quantitative estimate of drug-likeness (QED) is 0.281. The zero-order chi connectivity index (χ0) is 31.6. The molecule has 8 nitrogen and oxygen atoms in total. The van der Waals surface area contributed by atoms with E-state index in [0.717, 1.165) is 9.47 Å². The molecular weight excluding hydrogens is 599 g/mol. The number of nitrogens with zero attached hydrogens (tertiary/aromatic N) is 4. The number of alkyl halides is 3. The summed E-state index contributed by atoms with van der Waals surface area (Å²) in [5.74, 6) is -10.8. The number of aromatic nitrogens is 3. The third kappa shape index (κ3) is 7.63. The maximum absolute atomic E-state index is 14.4. The van der Waals surface area contributed by atoms with Crippen molar-refractivity contribution in [1.29, 1.82) is 0 Å². The molecule has 0 saturated heterocycles. The lowest BCUT2D eigenvalue weighted by atomic mass is 10.00. The molecule has 2 heterocycles. The SMILES string of the molecule is N[C@@H](CC(=O)N[C@@H](CC(=O)N1CCn2c(nnc2C(F)(F)F)C1)Cc1cc(F)c(F)cc1F)Cc1cc(F)c(F)cc1F. The number of nitrogens with two attached hydrogens (primary N) is 1. The second-order valence-electron chi connectivity index (χ2n) is 9.96. The first-order valence-electron chi connectivity index (χ1n) is 12.7. The van der Waals surface area contributed by atoms with E-state index in [4.69, 9.17) is 5.73 Å². The Morgan fingerprint density at radius 3 is 1.95 bits per heavy atom. The molecule has 232 valence electrons. The van der Waals surface area contributed by atoms with Crippen molar-refractivity contribution in [2.24, 2.45) is 5.73 Å². The van der Waals surface area contributed by atoms with Gasteiger partial charge in [0, 0.05) is 50.1 Å². The van der Waals surface area contributed by atoms with Gasteiger partial charge in [0.15, 0.2) is 29.1 Å². The van der Waals surface area contributed by atoms with E-state index >= 15 is 0 Å². The number of fused-ring (bicyclic) bond motifs is 1. The van der Waals surface area contributed by atoms with Gasteiger partial charge in [-0.1, -0.05) is 0 Å². The molecule has 2 aromatic carbocycles. The summed E-state index contributed by atoms with van der Waals surface area (Å²) in [6.45, 7) is -0.822. The first-order chi connectivity index (χ1) is 20.1. The van der Waals surface area contributed by atoms with Crippen molar-refractivity contribution >= 4 is 11.8 Å². The molecule has 1 aliphatic heterocycles.